The molecule has 98 valence electrons. The lowest BCUT2D eigenvalue weighted by Crippen LogP contribution is -1.98. The zero-order valence-electron chi connectivity index (χ0n) is 10.9. The van der Waals surface area contributed by atoms with E-state index in [0.29, 0.717) is 12.5 Å². The van der Waals surface area contributed by atoms with Gasteiger partial charge in [0.25, 0.3) is 0 Å². The van der Waals surface area contributed by atoms with E-state index in [1.165, 1.54) is 0 Å². The van der Waals surface area contributed by atoms with Crippen molar-refractivity contribution in [2.75, 3.05) is 0 Å². The smallest absolute Gasteiger partial charge is 0.213 e. The van der Waals surface area contributed by atoms with Gasteiger partial charge in [-0.05, 0) is 23.8 Å². The van der Waals surface area contributed by atoms with Crippen molar-refractivity contribution in [3.05, 3.63) is 78.8 Å². The third kappa shape index (κ3) is 3.01. The van der Waals surface area contributed by atoms with E-state index in [1.54, 1.807) is 6.20 Å². The molecule has 0 fully saturated rings. The Morgan fingerprint density at radius 2 is 1.60 bits per heavy atom. The Kier molecular flexibility index (Phi) is 3.69. The highest BCUT2D eigenvalue weighted by molar-refractivity contribution is 5.62. The quantitative estimate of drug-likeness (QED) is 0.718. The summed E-state index contributed by atoms with van der Waals surface area (Å²) in [6.07, 6.45) is 3.58. The molecule has 3 heteroatoms. The van der Waals surface area contributed by atoms with Gasteiger partial charge in [0.05, 0.1) is 5.69 Å². The lowest BCUT2D eigenvalue weighted by atomic mass is 10.1. The first kappa shape index (κ1) is 12.4. The van der Waals surface area contributed by atoms with Crippen molar-refractivity contribution in [1.82, 2.24) is 9.97 Å². The maximum absolute atomic E-state index is 5.61. The molecule has 3 aromatic rings. The summed E-state index contributed by atoms with van der Waals surface area (Å²) in [4.78, 5) is 8.53. The molecule has 3 rings (SSSR count). The van der Waals surface area contributed by atoms with Gasteiger partial charge in [-0.3, -0.25) is 4.98 Å². The summed E-state index contributed by atoms with van der Waals surface area (Å²) in [6.45, 7) is 0.429. The van der Waals surface area contributed by atoms with E-state index in [-0.39, 0.29) is 0 Å². The second-order valence-corrected chi connectivity index (χ2v) is 4.36. The number of rotatable bonds is 4. The molecule has 0 radical (unpaired) electrons. The molecule has 3 nitrogen and oxygen atoms in total. The molecular formula is C17H14N2O. The van der Waals surface area contributed by atoms with Gasteiger partial charge in [-0.15, -0.1) is 0 Å². The molecule has 0 bridgehead atoms. The van der Waals surface area contributed by atoms with Crippen LogP contribution in [-0.2, 0) is 6.61 Å². The van der Waals surface area contributed by atoms with Crippen LogP contribution in [0.1, 0.15) is 5.69 Å². The van der Waals surface area contributed by atoms with Gasteiger partial charge in [0.1, 0.15) is 6.61 Å². The minimum atomic E-state index is 0.429. The van der Waals surface area contributed by atoms with Crippen molar-refractivity contribution >= 4 is 0 Å². The second kappa shape index (κ2) is 5.97. The Balaban J connectivity index is 1.68. The average molecular weight is 262 g/mol. The van der Waals surface area contributed by atoms with Crippen LogP contribution < -0.4 is 4.74 Å². The van der Waals surface area contributed by atoms with Crippen molar-refractivity contribution in [2.45, 2.75) is 6.61 Å². The molecule has 0 N–H and O–H groups in total. The molecule has 0 saturated carbocycles. The first-order valence-electron chi connectivity index (χ1n) is 6.46. The Morgan fingerprint density at radius 1 is 0.750 bits per heavy atom. The summed E-state index contributed by atoms with van der Waals surface area (Å²) in [5.41, 5.74) is 3.12. The highest BCUT2D eigenvalue weighted by atomic mass is 16.5. The van der Waals surface area contributed by atoms with Crippen LogP contribution >= 0.6 is 0 Å². The number of hydrogen-bond donors (Lipinski definition) is 0. The van der Waals surface area contributed by atoms with Gasteiger partial charge in [0.15, 0.2) is 0 Å². The summed E-state index contributed by atoms with van der Waals surface area (Å²) < 4.78 is 5.61. The number of ether oxygens (including phenoxy) is 1. The Labute approximate surface area is 117 Å². The van der Waals surface area contributed by atoms with Crippen LogP contribution in [0.4, 0.5) is 0 Å². The number of benzene rings is 1. The molecule has 0 aliphatic heterocycles. The topological polar surface area (TPSA) is 35.0 Å². The summed E-state index contributed by atoms with van der Waals surface area (Å²) in [5.74, 6) is 0.607. The zero-order valence-corrected chi connectivity index (χ0v) is 10.9. The first-order chi connectivity index (χ1) is 9.92. The molecular weight excluding hydrogens is 248 g/mol. The average Bonchev–Trinajstić information content (AvgIpc) is 2.55. The fraction of sp³-hybridized carbons (Fsp3) is 0.0588. The van der Waals surface area contributed by atoms with Gasteiger partial charge in [0.2, 0.25) is 5.88 Å². The molecule has 0 spiro atoms. The van der Waals surface area contributed by atoms with Crippen LogP contribution in [0.3, 0.4) is 0 Å². The van der Waals surface area contributed by atoms with Gasteiger partial charge in [-0.1, -0.05) is 36.4 Å². The van der Waals surface area contributed by atoms with E-state index < -0.39 is 0 Å². The minimum absolute atomic E-state index is 0.429. The molecule has 0 saturated heterocycles. The van der Waals surface area contributed by atoms with Crippen molar-refractivity contribution in [2.24, 2.45) is 0 Å². The Hall–Kier alpha value is -2.68. The normalized spacial score (nSPS) is 10.2. The van der Waals surface area contributed by atoms with Crippen LogP contribution in [-0.4, -0.2) is 9.97 Å². The van der Waals surface area contributed by atoms with E-state index in [9.17, 15) is 0 Å². The molecule has 0 aliphatic carbocycles. The van der Waals surface area contributed by atoms with Crippen LogP contribution in [0.5, 0.6) is 5.88 Å². The van der Waals surface area contributed by atoms with Gasteiger partial charge in [0, 0.05) is 24.0 Å². The third-order valence-corrected chi connectivity index (χ3v) is 2.94. The molecule has 20 heavy (non-hydrogen) atoms. The number of nitrogens with zero attached hydrogens (tertiary/aromatic N) is 2. The summed E-state index contributed by atoms with van der Waals surface area (Å²) in [6, 6.07) is 19.8. The number of aromatic nitrogens is 2. The predicted molar refractivity (Wildman–Crippen MR) is 78.2 cm³/mol. The van der Waals surface area contributed by atoms with E-state index in [4.69, 9.17) is 4.74 Å². The first-order valence-corrected chi connectivity index (χ1v) is 6.46. The van der Waals surface area contributed by atoms with Crippen LogP contribution in [0.25, 0.3) is 11.1 Å². The van der Waals surface area contributed by atoms with Gasteiger partial charge in [-0.2, -0.15) is 0 Å². The molecule has 2 aromatic heterocycles. The summed E-state index contributed by atoms with van der Waals surface area (Å²) >= 11 is 0. The van der Waals surface area contributed by atoms with E-state index in [2.05, 4.69) is 22.1 Å². The molecule has 1 aromatic carbocycles. The van der Waals surface area contributed by atoms with Crippen molar-refractivity contribution in [1.29, 1.82) is 0 Å². The van der Waals surface area contributed by atoms with Crippen LogP contribution in [0.15, 0.2) is 73.1 Å². The van der Waals surface area contributed by atoms with Crippen molar-refractivity contribution in [3.63, 3.8) is 0 Å². The molecule has 0 aliphatic rings. The monoisotopic (exact) mass is 262 g/mol. The largest absolute Gasteiger partial charge is 0.471 e. The van der Waals surface area contributed by atoms with E-state index in [0.717, 1.165) is 16.8 Å². The second-order valence-electron chi connectivity index (χ2n) is 4.36. The number of pyridine rings is 2. The van der Waals surface area contributed by atoms with Crippen LogP contribution in [0, 0.1) is 0 Å². The fourth-order valence-electron chi connectivity index (χ4n) is 1.90. The zero-order chi connectivity index (χ0) is 13.6. The molecule has 2 heterocycles. The highest BCUT2D eigenvalue weighted by Crippen LogP contribution is 2.19. The third-order valence-electron chi connectivity index (χ3n) is 2.94. The van der Waals surface area contributed by atoms with Crippen molar-refractivity contribution in [3.8, 4) is 17.0 Å². The van der Waals surface area contributed by atoms with E-state index in [1.807, 2.05) is 54.7 Å². The highest BCUT2D eigenvalue weighted by Gasteiger charge is 2.00. The molecule has 0 atom stereocenters. The maximum atomic E-state index is 5.61. The minimum Gasteiger partial charge on any atom is -0.471 e. The SMILES string of the molecule is c1ccc(-c2ccc(OCc3ccccn3)nc2)cc1. The lowest BCUT2D eigenvalue weighted by Gasteiger charge is -2.06. The Morgan fingerprint density at radius 3 is 2.30 bits per heavy atom. The maximum Gasteiger partial charge on any atom is 0.213 e. The lowest BCUT2D eigenvalue weighted by molar-refractivity contribution is 0.289. The summed E-state index contributed by atoms with van der Waals surface area (Å²) in [5, 5.41) is 0. The van der Waals surface area contributed by atoms with Gasteiger partial charge < -0.3 is 4.74 Å². The molecule has 0 unspecified atom stereocenters. The standard InChI is InChI=1S/C17H14N2O/c1-2-6-14(7-3-1)15-9-10-17(19-12-15)20-13-16-8-4-5-11-18-16/h1-12H,13H2. The summed E-state index contributed by atoms with van der Waals surface area (Å²) in [7, 11) is 0. The number of hydrogen-bond acceptors (Lipinski definition) is 3. The molecule has 0 amide bonds. The van der Waals surface area contributed by atoms with Gasteiger partial charge >= 0.3 is 0 Å². The van der Waals surface area contributed by atoms with Crippen molar-refractivity contribution < 1.29 is 4.74 Å². The predicted octanol–water partition coefficient (Wildman–Crippen LogP) is 3.72. The fourth-order valence-corrected chi connectivity index (χ4v) is 1.90. The Bertz CT molecular complexity index is 652. The van der Waals surface area contributed by atoms with Gasteiger partial charge in [-0.25, -0.2) is 4.98 Å². The van der Waals surface area contributed by atoms with Crippen LogP contribution in [0.2, 0.25) is 0 Å². The van der Waals surface area contributed by atoms with E-state index >= 15 is 0 Å².